The first-order valence-electron chi connectivity index (χ1n) is 11.1. The first-order chi connectivity index (χ1) is 15.8. The van der Waals surface area contributed by atoms with E-state index in [1.165, 1.54) is 5.56 Å². The lowest BCUT2D eigenvalue weighted by atomic mass is 10.0. The number of hydrogen-bond donors (Lipinski definition) is 2. The molecule has 1 aliphatic rings. The summed E-state index contributed by atoms with van der Waals surface area (Å²) in [6, 6.07) is 4.21. The SMILES string of the molecule is CNC(=O)N(Cc1ccsc1)C1CCN([C@H](C)CCNC(=O)c2c(C)cc(Cl)nc2Cl)CC1. The quantitative estimate of drug-likeness (QED) is 0.508. The molecule has 0 aliphatic carbocycles. The maximum Gasteiger partial charge on any atom is 0.317 e. The molecule has 2 aromatic rings. The number of amides is 3. The average molecular weight is 513 g/mol. The highest BCUT2D eigenvalue weighted by atomic mass is 35.5. The van der Waals surface area contributed by atoms with Crippen LogP contribution in [0.5, 0.6) is 0 Å². The number of carbonyl (C=O) groups is 2. The van der Waals surface area contributed by atoms with E-state index in [0.717, 1.165) is 32.4 Å². The summed E-state index contributed by atoms with van der Waals surface area (Å²) in [5.74, 6) is -0.234. The van der Waals surface area contributed by atoms with Gasteiger partial charge in [0.25, 0.3) is 5.91 Å². The molecule has 1 atom stereocenters. The fourth-order valence-electron chi connectivity index (χ4n) is 4.26. The van der Waals surface area contributed by atoms with Gasteiger partial charge in [0.15, 0.2) is 0 Å². The number of piperidine rings is 1. The smallest absolute Gasteiger partial charge is 0.317 e. The summed E-state index contributed by atoms with van der Waals surface area (Å²) in [4.78, 5) is 33.4. The van der Waals surface area contributed by atoms with Gasteiger partial charge in [-0.3, -0.25) is 4.79 Å². The van der Waals surface area contributed by atoms with Crippen molar-refractivity contribution in [3.05, 3.63) is 49.9 Å². The van der Waals surface area contributed by atoms with E-state index in [4.69, 9.17) is 23.2 Å². The molecule has 1 aliphatic heterocycles. The summed E-state index contributed by atoms with van der Waals surface area (Å²) in [6.07, 6.45) is 2.68. The van der Waals surface area contributed by atoms with Crippen molar-refractivity contribution in [2.24, 2.45) is 0 Å². The Balaban J connectivity index is 1.47. The molecule has 3 amide bonds. The highest BCUT2D eigenvalue weighted by molar-refractivity contribution is 7.07. The second kappa shape index (κ2) is 12.0. The maximum absolute atomic E-state index is 12.6. The minimum atomic E-state index is -0.234. The molecule has 0 aromatic carbocycles. The van der Waals surface area contributed by atoms with E-state index >= 15 is 0 Å². The van der Waals surface area contributed by atoms with Gasteiger partial charge in [0, 0.05) is 45.3 Å². The molecule has 1 saturated heterocycles. The van der Waals surface area contributed by atoms with Crippen molar-refractivity contribution in [1.82, 2.24) is 25.4 Å². The van der Waals surface area contributed by atoms with Crippen LogP contribution in [-0.4, -0.2) is 65.5 Å². The number of rotatable bonds is 8. The van der Waals surface area contributed by atoms with Crippen molar-refractivity contribution >= 4 is 46.5 Å². The second-order valence-corrected chi connectivity index (χ2v) is 9.93. The molecule has 3 heterocycles. The molecular formula is C23H31Cl2N5O2S. The highest BCUT2D eigenvalue weighted by Gasteiger charge is 2.29. The molecule has 10 heteroatoms. The molecule has 0 unspecified atom stereocenters. The molecule has 180 valence electrons. The van der Waals surface area contributed by atoms with Crippen LogP contribution in [-0.2, 0) is 6.54 Å². The third-order valence-corrected chi connectivity index (χ3v) is 7.39. The number of likely N-dealkylation sites (tertiary alicyclic amines) is 1. The minimum Gasteiger partial charge on any atom is -0.352 e. The standard InChI is InChI=1S/C23H31Cl2N5O2S/c1-15-12-19(24)28-21(25)20(15)22(31)27-8-4-16(2)29-9-5-18(6-10-29)30(23(32)26-3)13-17-7-11-33-14-17/h7,11-12,14,16,18H,4-6,8-10,13H2,1-3H3,(H,26,32)(H,27,31)/t16-/m1/s1. The first-order valence-corrected chi connectivity index (χ1v) is 12.8. The van der Waals surface area contributed by atoms with Crippen LogP contribution in [0.4, 0.5) is 4.79 Å². The number of nitrogens with one attached hydrogen (secondary N) is 2. The zero-order valence-corrected chi connectivity index (χ0v) is 21.6. The maximum atomic E-state index is 12.6. The molecule has 0 saturated carbocycles. The van der Waals surface area contributed by atoms with Crippen molar-refractivity contribution in [1.29, 1.82) is 0 Å². The summed E-state index contributed by atoms with van der Waals surface area (Å²) in [6.45, 7) is 6.99. The fourth-order valence-corrected chi connectivity index (χ4v) is 5.54. The lowest BCUT2D eigenvalue weighted by Crippen LogP contribution is -2.51. The van der Waals surface area contributed by atoms with Crippen LogP contribution in [0.25, 0.3) is 0 Å². The number of urea groups is 1. The Morgan fingerprint density at radius 1 is 1.33 bits per heavy atom. The molecule has 3 rings (SSSR count). The predicted molar refractivity (Wildman–Crippen MR) is 134 cm³/mol. The Labute approximate surface area is 209 Å². The van der Waals surface area contributed by atoms with Crippen molar-refractivity contribution in [3.63, 3.8) is 0 Å². The summed E-state index contributed by atoms with van der Waals surface area (Å²) >= 11 is 13.7. The number of pyridine rings is 1. The number of nitrogens with zero attached hydrogens (tertiary/aromatic N) is 3. The zero-order valence-electron chi connectivity index (χ0n) is 19.2. The van der Waals surface area contributed by atoms with Crippen molar-refractivity contribution < 1.29 is 9.59 Å². The van der Waals surface area contributed by atoms with Gasteiger partial charge < -0.3 is 20.4 Å². The van der Waals surface area contributed by atoms with Gasteiger partial charge >= 0.3 is 6.03 Å². The monoisotopic (exact) mass is 511 g/mol. The Morgan fingerprint density at radius 2 is 2.06 bits per heavy atom. The van der Waals surface area contributed by atoms with E-state index in [0.29, 0.717) is 30.3 Å². The Hall–Kier alpha value is -1.87. The molecule has 33 heavy (non-hydrogen) atoms. The summed E-state index contributed by atoms with van der Waals surface area (Å²) in [5, 5.41) is 10.3. The number of carbonyl (C=O) groups excluding carboxylic acids is 2. The molecular weight excluding hydrogens is 481 g/mol. The van der Waals surface area contributed by atoms with E-state index in [-0.39, 0.29) is 28.3 Å². The van der Waals surface area contributed by atoms with Gasteiger partial charge in [-0.25, -0.2) is 9.78 Å². The largest absolute Gasteiger partial charge is 0.352 e. The number of aromatic nitrogens is 1. The minimum absolute atomic E-state index is 0.0268. The molecule has 0 bridgehead atoms. The molecule has 2 aromatic heterocycles. The lowest BCUT2D eigenvalue weighted by molar-refractivity contribution is 0.0907. The van der Waals surface area contributed by atoms with Crippen LogP contribution in [0.15, 0.2) is 22.9 Å². The van der Waals surface area contributed by atoms with Crippen molar-refractivity contribution in [2.75, 3.05) is 26.7 Å². The van der Waals surface area contributed by atoms with Gasteiger partial charge in [-0.2, -0.15) is 11.3 Å². The van der Waals surface area contributed by atoms with Gasteiger partial charge in [0.1, 0.15) is 10.3 Å². The molecule has 1 fully saturated rings. The zero-order chi connectivity index (χ0) is 24.0. The normalized spacial score (nSPS) is 15.8. The third kappa shape index (κ3) is 6.82. The van der Waals surface area contributed by atoms with Crippen LogP contribution in [0, 0.1) is 6.92 Å². The van der Waals surface area contributed by atoms with Crippen molar-refractivity contribution in [3.8, 4) is 0 Å². The van der Waals surface area contributed by atoms with Gasteiger partial charge in [-0.1, -0.05) is 23.2 Å². The van der Waals surface area contributed by atoms with Crippen LogP contribution < -0.4 is 10.6 Å². The third-order valence-electron chi connectivity index (χ3n) is 6.19. The predicted octanol–water partition coefficient (Wildman–Crippen LogP) is 4.57. The van der Waals surface area contributed by atoms with Crippen molar-refractivity contribution in [2.45, 2.75) is 51.7 Å². The average Bonchev–Trinajstić information content (AvgIpc) is 3.29. The van der Waals surface area contributed by atoms with Crippen LogP contribution in [0.3, 0.4) is 0 Å². The van der Waals surface area contributed by atoms with E-state index in [1.54, 1.807) is 31.4 Å². The summed E-state index contributed by atoms with van der Waals surface area (Å²) in [7, 11) is 1.68. The molecule has 0 radical (unpaired) electrons. The highest BCUT2D eigenvalue weighted by Crippen LogP contribution is 2.23. The Kier molecular flexibility index (Phi) is 9.37. The Morgan fingerprint density at radius 3 is 2.67 bits per heavy atom. The molecule has 7 nitrogen and oxygen atoms in total. The first kappa shape index (κ1) is 25.7. The van der Waals surface area contributed by atoms with Crippen LogP contribution in [0.1, 0.15) is 47.7 Å². The number of aryl methyl sites for hydroxylation is 1. The van der Waals surface area contributed by atoms with Gasteiger partial charge in [-0.15, -0.1) is 0 Å². The van der Waals surface area contributed by atoms with Crippen LogP contribution >= 0.6 is 34.5 Å². The topological polar surface area (TPSA) is 77.6 Å². The van der Waals surface area contributed by atoms with Gasteiger partial charge in [0.05, 0.1) is 5.56 Å². The number of halogens is 2. The van der Waals surface area contributed by atoms with Gasteiger partial charge in [-0.05, 0) is 67.1 Å². The summed E-state index contributed by atoms with van der Waals surface area (Å²) in [5.41, 5.74) is 2.24. The fraction of sp³-hybridized carbons (Fsp3) is 0.522. The molecule has 2 N–H and O–H groups in total. The van der Waals surface area contributed by atoms with E-state index in [9.17, 15) is 9.59 Å². The van der Waals surface area contributed by atoms with E-state index < -0.39 is 0 Å². The lowest BCUT2D eigenvalue weighted by Gasteiger charge is -2.40. The Bertz CT molecular complexity index is 925. The number of thiophene rings is 1. The van der Waals surface area contributed by atoms with E-state index in [2.05, 4.69) is 38.9 Å². The van der Waals surface area contributed by atoms with E-state index in [1.807, 2.05) is 10.3 Å². The summed E-state index contributed by atoms with van der Waals surface area (Å²) < 4.78 is 0. The van der Waals surface area contributed by atoms with Gasteiger partial charge in [0.2, 0.25) is 0 Å². The second-order valence-electron chi connectivity index (χ2n) is 8.40. The molecule has 0 spiro atoms. The van der Waals surface area contributed by atoms with Crippen LogP contribution in [0.2, 0.25) is 10.3 Å². The number of hydrogen-bond acceptors (Lipinski definition) is 5.